The van der Waals surface area contributed by atoms with Crippen LogP contribution >= 0.6 is 27.7 Å². The molecule has 8 heteroatoms. The molecule has 2 heterocycles. The van der Waals surface area contributed by atoms with E-state index in [4.69, 9.17) is 10.5 Å². The molecule has 0 unspecified atom stereocenters. The normalized spacial score (nSPS) is 40.3. The quantitative estimate of drug-likeness (QED) is 0.791. The fourth-order valence-electron chi connectivity index (χ4n) is 3.91. The molecular weight excluding hydrogens is 383 g/mol. The van der Waals surface area contributed by atoms with Crippen molar-refractivity contribution in [2.45, 2.75) is 11.0 Å². The predicted molar refractivity (Wildman–Crippen MR) is 85.7 cm³/mol. The van der Waals surface area contributed by atoms with Crippen molar-refractivity contribution in [1.82, 2.24) is 0 Å². The molecule has 116 valence electrons. The highest BCUT2D eigenvalue weighted by molar-refractivity contribution is 9.10. The number of fused-ring (bicyclic) bond motifs is 2. The van der Waals surface area contributed by atoms with E-state index in [0.717, 1.165) is 0 Å². The standard InChI is InChI=1S/C15H10BrFN4OS/c16-9-5-8(1-2-10(9)17)11-13(6-18)12(20)21-15(14(11,13)7-19)22-3-4-23-15/h1-2,5,11H,3-4H2,(H2,20,21)/t11-,13+,14+,15+/m0/s1. The second-order valence-electron chi connectivity index (χ2n) is 5.72. The summed E-state index contributed by atoms with van der Waals surface area (Å²) in [6, 6.07) is 8.98. The fraction of sp³-hybridized carbons (Fsp3) is 0.400. The summed E-state index contributed by atoms with van der Waals surface area (Å²) in [5, 5.41) is 18.6. The van der Waals surface area contributed by atoms with Crippen LogP contribution in [0, 0.1) is 39.3 Å². The molecule has 2 N–H and O–H groups in total. The molecule has 1 saturated heterocycles. The number of benzene rings is 1. The highest BCUT2D eigenvalue weighted by atomic mass is 79.9. The minimum Gasteiger partial charge on any atom is -0.386 e. The van der Waals surface area contributed by atoms with Crippen molar-refractivity contribution >= 4 is 33.5 Å². The summed E-state index contributed by atoms with van der Waals surface area (Å²) in [4.78, 5) is 4.36. The van der Waals surface area contributed by atoms with Crippen molar-refractivity contribution in [3.05, 3.63) is 34.1 Å². The maximum Gasteiger partial charge on any atom is 0.230 e. The maximum atomic E-state index is 13.5. The van der Waals surface area contributed by atoms with Gasteiger partial charge >= 0.3 is 0 Å². The Morgan fingerprint density at radius 2 is 2.22 bits per heavy atom. The monoisotopic (exact) mass is 392 g/mol. The largest absolute Gasteiger partial charge is 0.386 e. The smallest absolute Gasteiger partial charge is 0.230 e. The summed E-state index contributed by atoms with van der Waals surface area (Å²) in [6.45, 7) is 0.451. The van der Waals surface area contributed by atoms with Crippen LogP contribution in [0.2, 0.25) is 0 Å². The van der Waals surface area contributed by atoms with Crippen LogP contribution in [0.3, 0.4) is 0 Å². The molecular formula is C15H10BrFN4OS. The van der Waals surface area contributed by atoms with Gasteiger partial charge in [-0.05, 0) is 33.6 Å². The Morgan fingerprint density at radius 3 is 2.78 bits per heavy atom. The molecule has 23 heavy (non-hydrogen) atoms. The van der Waals surface area contributed by atoms with Gasteiger partial charge in [0.2, 0.25) is 5.06 Å². The van der Waals surface area contributed by atoms with Gasteiger partial charge in [0.25, 0.3) is 0 Å². The zero-order valence-electron chi connectivity index (χ0n) is 11.7. The van der Waals surface area contributed by atoms with Crippen LogP contribution < -0.4 is 5.73 Å². The van der Waals surface area contributed by atoms with E-state index in [-0.39, 0.29) is 10.3 Å². The fourth-order valence-corrected chi connectivity index (χ4v) is 5.63. The van der Waals surface area contributed by atoms with E-state index in [1.54, 1.807) is 12.1 Å². The molecule has 1 spiro atoms. The van der Waals surface area contributed by atoms with Crippen molar-refractivity contribution in [3.8, 4) is 12.1 Å². The molecule has 0 radical (unpaired) electrons. The van der Waals surface area contributed by atoms with Crippen LogP contribution in [0.15, 0.2) is 27.7 Å². The topological polar surface area (TPSA) is 95.2 Å². The van der Waals surface area contributed by atoms with Crippen LogP contribution in [0.25, 0.3) is 0 Å². The van der Waals surface area contributed by atoms with Crippen LogP contribution in [0.5, 0.6) is 0 Å². The van der Waals surface area contributed by atoms with E-state index >= 15 is 0 Å². The first-order chi connectivity index (χ1) is 11.0. The lowest BCUT2D eigenvalue weighted by molar-refractivity contribution is 0.0200. The Balaban J connectivity index is 1.93. The first-order valence-electron chi connectivity index (χ1n) is 6.90. The average molecular weight is 393 g/mol. The molecule has 2 fully saturated rings. The zero-order chi connectivity index (χ0) is 16.5. The van der Waals surface area contributed by atoms with E-state index in [1.807, 2.05) is 0 Å². The minimum atomic E-state index is -1.23. The first-order valence-corrected chi connectivity index (χ1v) is 8.68. The molecule has 3 aliphatic rings. The number of nitrogens with two attached hydrogens (primary N) is 1. The van der Waals surface area contributed by atoms with Crippen molar-refractivity contribution in [3.63, 3.8) is 0 Å². The third kappa shape index (κ3) is 1.43. The second-order valence-corrected chi connectivity index (χ2v) is 7.83. The Bertz CT molecular complexity index is 841. The van der Waals surface area contributed by atoms with Crippen molar-refractivity contribution < 1.29 is 9.13 Å². The number of rotatable bonds is 1. The van der Waals surface area contributed by atoms with E-state index in [9.17, 15) is 14.9 Å². The number of thioether (sulfide) groups is 1. The molecule has 4 atom stereocenters. The molecule has 1 saturated carbocycles. The van der Waals surface area contributed by atoms with Crippen LogP contribution in [-0.2, 0) is 4.74 Å². The number of aliphatic imine (C=N–C) groups is 1. The molecule has 1 aromatic carbocycles. The van der Waals surface area contributed by atoms with Gasteiger partial charge in [0.15, 0.2) is 5.41 Å². The number of ether oxygens (including phenoxy) is 1. The van der Waals surface area contributed by atoms with E-state index in [1.165, 1.54) is 17.8 Å². The lowest BCUT2D eigenvalue weighted by atomic mass is 9.95. The van der Waals surface area contributed by atoms with Gasteiger partial charge < -0.3 is 10.5 Å². The van der Waals surface area contributed by atoms with Crippen molar-refractivity contribution in [1.29, 1.82) is 10.5 Å². The summed E-state index contributed by atoms with van der Waals surface area (Å²) >= 11 is 4.55. The van der Waals surface area contributed by atoms with Gasteiger partial charge in [-0.15, -0.1) is 0 Å². The van der Waals surface area contributed by atoms with Gasteiger partial charge in [-0.2, -0.15) is 10.5 Å². The highest BCUT2D eigenvalue weighted by Crippen LogP contribution is 2.84. The Labute approximate surface area is 144 Å². The van der Waals surface area contributed by atoms with Crippen molar-refractivity contribution in [2.75, 3.05) is 12.4 Å². The molecule has 1 aromatic rings. The predicted octanol–water partition coefficient (Wildman–Crippen LogP) is 2.49. The number of nitriles is 2. The second kappa shape index (κ2) is 4.47. The van der Waals surface area contributed by atoms with Crippen LogP contribution in [0.4, 0.5) is 4.39 Å². The number of amidine groups is 1. The molecule has 4 rings (SSSR count). The first kappa shape index (κ1) is 14.9. The lowest BCUT2D eigenvalue weighted by Crippen LogP contribution is -2.34. The summed E-state index contributed by atoms with van der Waals surface area (Å²) in [5.41, 5.74) is 4.34. The van der Waals surface area contributed by atoms with Gasteiger partial charge in [0.1, 0.15) is 17.1 Å². The summed E-state index contributed by atoms with van der Waals surface area (Å²) < 4.78 is 19.6. The zero-order valence-corrected chi connectivity index (χ0v) is 14.1. The van der Waals surface area contributed by atoms with Gasteiger partial charge in [-0.25, -0.2) is 9.38 Å². The number of nitrogens with zero attached hydrogens (tertiary/aromatic N) is 3. The molecule has 0 bridgehead atoms. The SMILES string of the molecule is N#C[C@@]12[C@@H](c3ccc(F)c(Br)c3)[C@]1(C#N)C(N)=N[C@@]21OCCS1. The van der Waals surface area contributed by atoms with Crippen LogP contribution in [0.1, 0.15) is 11.5 Å². The van der Waals surface area contributed by atoms with Gasteiger partial charge in [0.05, 0.1) is 23.2 Å². The minimum absolute atomic E-state index is 0.126. The number of hydrogen-bond donors (Lipinski definition) is 1. The summed E-state index contributed by atoms with van der Waals surface area (Å²) in [7, 11) is 0. The van der Waals surface area contributed by atoms with Gasteiger partial charge in [-0.3, -0.25) is 0 Å². The molecule has 0 amide bonds. The molecule has 1 aliphatic carbocycles. The van der Waals surface area contributed by atoms with Gasteiger partial charge in [-0.1, -0.05) is 17.8 Å². The average Bonchev–Trinajstić information content (AvgIpc) is 2.79. The van der Waals surface area contributed by atoms with E-state index < -0.39 is 27.6 Å². The third-order valence-electron chi connectivity index (χ3n) is 4.88. The number of hydrogen-bond acceptors (Lipinski definition) is 6. The summed E-state index contributed by atoms with van der Waals surface area (Å²) in [6.07, 6.45) is 0. The summed E-state index contributed by atoms with van der Waals surface area (Å²) in [5.74, 6) is -0.0903. The Kier molecular flexibility index (Phi) is 2.91. The lowest BCUT2D eigenvalue weighted by Gasteiger charge is -2.26. The van der Waals surface area contributed by atoms with Gasteiger partial charge in [0, 0.05) is 11.7 Å². The Hall–Kier alpha value is -1.61. The molecule has 2 aliphatic heterocycles. The molecule has 0 aromatic heterocycles. The third-order valence-corrected chi connectivity index (χ3v) is 6.78. The Morgan fingerprint density at radius 1 is 1.43 bits per heavy atom. The van der Waals surface area contributed by atoms with Crippen LogP contribution in [-0.4, -0.2) is 23.3 Å². The van der Waals surface area contributed by atoms with E-state index in [2.05, 4.69) is 33.1 Å². The maximum absolute atomic E-state index is 13.5. The molecule has 5 nitrogen and oxygen atoms in total. The van der Waals surface area contributed by atoms with Crippen molar-refractivity contribution in [2.24, 2.45) is 21.6 Å². The van der Waals surface area contributed by atoms with E-state index in [0.29, 0.717) is 17.9 Å². The number of halogens is 2. The highest BCUT2D eigenvalue weighted by Gasteiger charge is 2.93.